The molecule has 3 aromatic rings. The van der Waals surface area contributed by atoms with Crippen molar-refractivity contribution >= 4 is 34.1 Å². The van der Waals surface area contributed by atoms with E-state index in [0.717, 1.165) is 0 Å². The molecule has 0 saturated heterocycles. The third kappa shape index (κ3) is 1.77. The van der Waals surface area contributed by atoms with Crippen molar-refractivity contribution in [1.29, 1.82) is 0 Å². The van der Waals surface area contributed by atoms with Gasteiger partial charge < -0.3 is 0 Å². The molecule has 0 spiro atoms. The van der Waals surface area contributed by atoms with Crippen LogP contribution in [0, 0.1) is 0 Å². The van der Waals surface area contributed by atoms with Crippen molar-refractivity contribution in [2.45, 2.75) is 0 Å². The monoisotopic (exact) mass is 280 g/mol. The van der Waals surface area contributed by atoms with Crippen molar-refractivity contribution in [3.05, 3.63) is 51.0 Å². The highest BCUT2D eigenvalue weighted by atomic mass is 35.5. The molecule has 1 aromatic carbocycles. The standard InChI is InChI=1S/C11H6Cl2N4O/c12-7-1-2-9(8(13)3-7)17-5-6-4-14-15-11(18)10(6)16-17/h1-5H,(H,15,18). The van der Waals surface area contributed by atoms with Gasteiger partial charge in [-0.25, -0.2) is 9.78 Å². The number of hydrogen-bond donors (Lipinski definition) is 1. The molecular formula is C11H6Cl2N4O. The maximum Gasteiger partial charge on any atom is 0.292 e. The van der Waals surface area contributed by atoms with E-state index in [4.69, 9.17) is 23.2 Å². The Kier molecular flexibility index (Phi) is 2.57. The number of nitrogens with zero attached hydrogens (tertiary/aromatic N) is 3. The van der Waals surface area contributed by atoms with E-state index in [9.17, 15) is 4.79 Å². The van der Waals surface area contributed by atoms with Gasteiger partial charge in [0.2, 0.25) is 0 Å². The summed E-state index contributed by atoms with van der Waals surface area (Å²) in [4.78, 5) is 11.5. The summed E-state index contributed by atoms with van der Waals surface area (Å²) >= 11 is 11.9. The normalized spacial score (nSPS) is 11.0. The summed E-state index contributed by atoms with van der Waals surface area (Å²) in [6, 6.07) is 5.06. The van der Waals surface area contributed by atoms with E-state index in [1.807, 2.05) is 0 Å². The van der Waals surface area contributed by atoms with Gasteiger partial charge in [-0.1, -0.05) is 23.2 Å². The van der Waals surface area contributed by atoms with Crippen LogP contribution in [-0.4, -0.2) is 20.0 Å². The highest BCUT2D eigenvalue weighted by Gasteiger charge is 2.09. The smallest absolute Gasteiger partial charge is 0.265 e. The van der Waals surface area contributed by atoms with Crippen LogP contribution in [0.4, 0.5) is 0 Å². The van der Waals surface area contributed by atoms with Crippen LogP contribution in [0.5, 0.6) is 0 Å². The van der Waals surface area contributed by atoms with E-state index in [2.05, 4.69) is 15.3 Å². The van der Waals surface area contributed by atoms with Crippen LogP contribution in [-0.2, 0) is 0 Å². The van der Waals surface area contributed by atoms with E-state index in [1.54, 1.807) is 24.4 Å². The average molecular weight is 281 g/mol. The first kappa shape index (κ1) is 11.3. The Morgan fingerprint density at radius 2 is 2.11 bits per heavy atom. The van der Waals surface area contributed by atoms with Crippen LogP contribution in [0.1, 0.15) is 0 Å². The number of aromatic amines is 1. The molecule has 0 atom stereocenters. The molecule has 0 aliphatic rings. The van der Waals surface area contributed by atoms with Gasteiger partial charge in [-0.2, -0.15) is 10.2 Å². The fourth-order valence-corrected chi connectivity index (χ4v) is 2.16. The van der Waals surface area contributed by atoms with E-state index in [1.165, 1.54) is 10.9 Å². The van der Waals surface area contributed by atoms with Gasteiger partial charge in [0.05, 0.1) is 16.9 Å². The minimum Gasteiger partial charge on any atom is -0.265 e. The van der Waals surface area contributed by atoms with Crippen LogP contribution < -0.4 is 5.56 Å². The Morgan fingerprint density at radius 1 is 1.28 bits per heavy atom. The van der Waals surface area contributed by atoms with Gasteiger partial charge in [0.1, 0.15) is 0 Å². The molecule has 5 nitrogen and oxygen atoms in total. The first-order valence-corrected chi connectivity index (χ1v) is 5.79. The summed E-state index contributed by atoms with van der Waals surface area (Å²) in [5.41, 5.74) is 0.629. The Bertz CT molecular complexity index is 793. The van der Waals surface area contributed by atoms with Crippen LogP contribution in [0.3, 0.4) is 0 Å². The summed E-state index contributed by atoms with van der Waals surface area (Å²) in [5.74, 6) is 0. The SMILES string of the molecule is O=c1[nH]ncc2cn(-c3ccc(Cl)cc3Cl)nc12. The van der Waals surface area contributed by atoms with Crippen molar-refractivity contribution in [2.75, 3.05) is 0 Å². The zero-order valence-electron chi connectivity index (χ0n) is 8.89. The van der Waals surface area contributed by atoms with Gasteiger partial charge in [0.15, 0.2) is 5.52 Å². The van der Waals surface area contributed by atoms with Gasteiger partial charge in [0, 0.05) is 16.6 Å². The maximum atomic E-state index is 11.5. The number of halogens is 2. The fraction of sp³-hybridized carbons (Fsp3) is 0. The Labute approximate surface area is 111 Å². The Balaban J connectivity index is 2.26. The number of hydrogen-bond acceptors (Lipinski definition) is 3. The number of H-pyrrole nitrogens is 1. The lowest BCUT2D eigenvalue weighted by Crippen LogP contribution is -2.07. The van der Waals surface area contributed by atoms with Crippen molar-refractivity contribution < 1.29 is 0 Å². The molecule has 0 aliphatic carbocycles. The van der Waals surface area contributed by atoms with Crippen LogP contribution in [0.2, 0.25) is 10.0 Å². The molecule has 18 heavy (non-hydrogen) atoms. The lowest BCUT2D eigenvalue weighted by atomic mass is 10.3. The van der Waals surface area contributed by atoms with Crippen LogP contribution >= 0.6 is 23.2 Å². The number of nitrogens with one attached hydrogen (secondary N) is 1. The summed E-state index contributed by atoms with van der Waals surface area (Å²) in [6.45, 7) is 0. The van der Waals surface area contributed by atoms with Crippen LogP contribution in [0.25, 0.3) is 16.6 Å². The predicted molar refractivity (Wildman–Crippen MR) is 69.5 cm³/mol. The summed E-state index contributed by atoms with van der Waals surface area (Å²) in [6.07, 6.45) is 3.22. The maximum absolute atomic E-state index is 11.5. The largest absolute Gasteiger partial charge is 0.292 e. The van der Waals surface area contributed by atoms with Crippen molar-refractivity contribution in [1.82, 2.24) is 20.0 Å². The molecule has 3 rings (SSSR count). The Morgan fingerprint density at radius 3 is 2.83 bits per heavy atom. The lowest BCUT2D eigenvalue weighted by molar-refractivity contribution is 0.891. The van der Waals surface area contributed by atoms with Crippen molar-refractivity contribution in [2.24, 2.45) is 0 Å². The zero-order chi connectivity index (χ0) is 12.7. The first-order chi connectivity index (χ1) is 8.65. The van der Waals surface area contributed by atoms with Gasteiger partial charge in [0.25, 0.3) is 5.56 Å². The number of benzene rings is 1. The number of aromatic nitrogens is 4. The molecular weight excluding hydrogens is 275 g/mol. The third-order valence-electron chi connectivity index (χ3n) is 2.48. The van der Waals surface area contributed by atoms with Gasteiger partial charge in [-0.05, 0) is 18.2 Å². The van der Waals surface area contributed by atoms with E-state index >= 15 is 0 Å². The molecule has 0 amide bonds. The van der Waals surface area contributed by atoms with E-state index in [0.29, 0.717) is 26.6 Å². The molecule has 0 fully saturated rings. The van der Waals surface area contributed by atoms with Gasteiger partial charge in [-0.15, -0.1) is 0 Å². The highest BCUT2D eigenvalue weighted by molar-refractivity contribution is 6.35. The summed E-state index contributed by atoms with van der Waals surface area (Å²) in [7, 11) is 0. The molecule has 0 radical (unpaired) electrons. The molecule has 1 N–H and O–H groups in total. The summed E-state index contributed by atoms with van der Waals surface area (Å²) < 4.78 is 1.53. The molecule has 7 heteroatoms. The quantitative estimate of drug-likeness (QED) is 0.745. The second kappa shape index (κ2) is 4.12. The topological polar surface area (TPSA) is 63.6 Å². The molecule has 90 valence electrons. The second-order valence-corrected chi connectivity index (χ2v) is 4.52. The van der Waals surface area contributed by atoms with Crippen molar-refractivity contribution in [3.63, 3.8) is 0 Å². The zero-order valence-corrected chi connectivity index (χ0v) is 10.4. The molecule has 0 bridgehead atoms. The van der Waals surface area contributed by atoms with Crippen molar-refractivity contribution in [3.8, 4) is 5.69 Å². The fourth-order valence-electron chi connectivity index (χ4n) is 1.66. The summed E-state index contributed by atoms with van der Waals surface area (Å²) in [5, 5.41) is 11.9. The molecule has 0 aliphatic heterocycles. The van der Waals surface area contributed by atoms with Gasteiger partial charge in [-0.3, -0.25) is 4.79 Å². The first-order valence-electron chi connectivity index (χ1n) is 5.03. The molecule has 2 aromatic heterocycles. The minimum absolute atomic E-state index is 0.316. The molecule has 0 saturated carbocycles. The van der Waals surface area contributed by atoms with Crippen LogP contribution in [0.15, 0.2) is 35.4 Å². The molecule has 0 unspecified atom stereocenters. The Hall–Kier alpha value is -1.85. The van der Waals surface area contributed by atoms with E-state index in [-0.39, 0.29) is 5.56 Å². The van der Waals surface area contributed by atoms with E-state index < -0.39 is 0 Å². The average Bonchev–Trinajstić information content (AvgIpc) is 2.74. The number of rotatable bonds is 1. The highest BCUT2D eigenvalue weighted by Crippen LogP contribution is 2.24. The predicted octanol–water partition coefficient (Wildman–Crippen LogP) is 2.42. The third-order valence-corrected chi connectivity index (χ3v) is 3.02. The lowest BCUT2D eigenvalue weighted by Gasteiger charge is -2.03. The molecule has 2 heterocycles. The van der Waals surface area contributed by atoms with Gasteiger partial charge >= 0.3 is 0 Å². The number of fused-ring (bicyclic) bond motifs is 1. The second-order valence-electron chi connectivity index (χ2n) is 3.67. The minimum atomic E-state index is -0.337.